The van der Waals surface area contributed by atoms with Crippen LogP contribution in [0.2, 0.25) is 0 Å². The molecule has 0 aromatic carbocycles. The molecular formula is C21H26N6O2. The lowest BCUT2D eigenvalue weighted by molar-refractivity contribution is -0.160. The number of aryl methyl sites for hydroxylation is 1. The number of nitrogens with zero attached hydrogens (tertiary/aromatic N) is 4. The molecule has 3 aromatic rings. The van der Waals surface area contributed by atoms with Crippen molar-refractivity contribution in [2.24, 2.45) is 5.92 Å². The van der Waals surface area contributed by atoms with Crippen molar-refractivity contribution in [2.75, 3.05) is 11.5 Å². The highest BCUT2D eigenvalue weighted by molar-refractivity contribution is 5.86. The Morgan fingerprint density at radius 3 is 2.79 bits per heavy atom. The van der Waals surface area contributed by atoms with E-state index in [2.05, 4.69) is 19.5 Å². The van der Waals surface area contributed by atoms with Gasteiger partial charge in [-0.05, 0) is 57.2 Å². The van der Waals surface area contributed by atoms with Crippen LogP contribution in [-0.4, -0.2) is 37.5 Å². The Morgan fingerprint density at radius 2 is 1.97 bits per heavy atom. The molecule has 0 unspecified atom stereocenters. The highest BCUT2D eigenvalue weighted by atomic mass is 16.8. The van der Waals surface area contributed by atoms with E-state index in [0.717, 1.165) is 36.0 Å². The van der Waals surface area contributed by atoms with Crippen LogP contribution >= 0.6 is 0 Å². The number of fused-ring (bicyclic) bond motifs is 2. The zero-order valence-corrected chi connectivity index (χ0v) is 16.7. The average molecular weight is 394 g/mol. The van der Waals surface area contributed by atoms with Crippen LogP contribution < -0.4 is 11.5 Å². The van der Waals surface area contributed by atoms with Crippen molar-refractivity contribution in [3.05, 3.63) is 42.5 Å². The maximum Gasteiger partial charge on any atom is 0.163 e. The molecule has 2 fully saturated rings. The fourth-order valence-corrected chi connectivity index (χ4v) is 4.84. The Hall–Kier alpha value is -2.71. The van der Waals surface area contributed by atoms with Crippen LogP contribution in [0.25, 0.3) is 11.0 Å². The minimum Gasteiger partial charge on any atom is -0.384 e. The Morgan fingerprint density at radius 1 is 1.14 bits per heavy atom. The number of pyridine rings is 1. The topological polar surface area (TPSA) is 114 Å². The molecule has 8 heteroatoms. The number of aromatic nitrogens is 4. The summed E-state index contributed by atoms with van der Waals surface area (Å²) in [6.07, 6.45) is 6.32. The third-order valence-corrected chi connectivity index (χ3v) is 6.05. The van der Waals surface area contributed by atoms with Crippen LogP contribution in [0, 0.1) is 5.92 Å². The van der Waals surface area contributed by atoms with E-state index in [9.17, 15) is 0 Å². The third-order valence-electron chi connectivity index (χ3n) is 6.05. The molecule has 29 heavy (non-hydrogen) atoms. The normalized spacial score (nSPS) is 28.1. The van der Waals surface area contributed by atoms with Crippen molar-refractivity contribution in [3.63, 3.8) is 0 Å². The van der Waals surface area contributed by atoms with Gasteiger partial charge in [0.25, 0.3) is 0 Å². The number of nitrogen functional groups attached to an aromatic ring is 2. The van der Waals surface area contributed by atoms with Crippen molar-refractivity contribution < 1.29 is 9.47 Å². The summed E-state index contributed by atoms with van der Waals surface area (Å²) in [5, 5.41) is 0.870. The summed E-state index contributed by atoms with van der Waals surface area (Å²) in [5.41, 5.74) is 13.7. The Labute approximate surface area is 169 Å². The molecule has 4 N–H and O–H groups in total. The smallest absolute Gasteiger partial charge is 0.163 e. The van der Waals surface area contributed by atoms with E-state index in [1.165, 1.54) is 6.33 Å². The molecule has 1 saturated heterocycles. The first-order chi connectivity index (χ1) is 13.9. The van der Waals surface area contributed by atoms with Gasteiger partial charge in [0.05, 0.1) is 17.5 Å². The van der Waals surface area contributed by atoms with Gasteiger partial charge in [-0.2, -0.15) is 0 Å². The minimum absolute atomic E-state index is 0.0319. The van der Waals surface area contributed by atoms with Gasteiger partial charge in [0, 0.05) is 11.9 Å². The van der Waals surface area contributed by atoms with Gasteiger partial charge < -0.3 is 25.5 Å². The summed E-state index contributed by atoms with van der Waals surface area (Å²) in [5.74, 6) is 0.809. The predicted molar refractivity (Wildman–Crippen MR) is 110 cm³/mol. The van der Waals surface area contributed by atoms with Crippen LogP contribution in [0.4, 0.5) is 11.6 Å². The maximum atomic E-state index is 6.34. The van der Waals surface area contributed by atoms with Crippen molar-refractivity contribution in [2.45, 2.75) is 57.1 Å². The molecule has 1 aliphatic heterocycles. The molecule has 1 saturated carbocycles. The van der Waals surface area contributed by atoms with Gasteiger partial charge >= 0.3 is 0 Å². The lowest BCUT2D eigenvalue weighted by Gasteiger charge is -2.24. The van der Waals surface area contributed by atoms with Crippen molar-refractivity contribution in [3.8, 4) is 0 Å². The maximum absolute atomic E-state index is 6.34. The average Bonchev–Trinajstić information content (AvgIpc) is 3.32. The van der Waals surface area contributed by atoms with Gasteiger partial charge in [0.15, 0.2) is 5.79 Å². The van der Waals surface area contributed by atoms with E-state index in [0.29, 0.717) is 17.6 Å². The number of anilines is 2. The molecule has 4 heterocycles. The Bertz CT molecular complexity index is 1050. The van der Waals surface area contributed by atoms with E-state index in [-0.39, 0.29) is 18.2 Å². The molecule has 3 aromatic heterocycles. The Balaban J connectivity index is 1.43. The number of rotatable bonds is 4. The summed E-state index contributed by atoms with van der Waals surface area (Å²) < 4.78 is 14.8. The van der Waals surface area contributed by atoms with Crippen LogP contribution in [0.5, 0.6) is 0 Å². The van der Waals surface area contributed by atoms with E-state index < -0.39 is 5.79 Å². The molecule has 1 aliphatic carbocycles. The summed E-state index contributed by atoms with van der Waals surface area (Å²) in [7, 11) is 0. The van der Waals surface area contributed by atoms with Gasteiger partial charge in [-0.3, -0.25) is 0 Å². The van der Waals surface area contributed by atoms with Gasteiger partial charge in [0.2, 0.25) is 0 Å². The Kier molecular flexibility index (Phi) is 4.22. The molecule has 2 aliphatic rings. The minimum atomic E-state index is -0.599. The SMILES string of the molecule is CC1(C)O[C@@H]2[C@@H](CCc3cccc(N)n3)C[C@@H](n3ccc4c(N)ncnc43)[C@@H]2O1. The lowest BCUT2D eigenvalue weighted by atomic mass is 9.97. The third kappa shape index (κ3) is 3.22. The van der Waals surface area contributed by atoms with Gasteiger partial charge in [0.1, 0.15) is 29.7 Å². The van der Waals surface area contributed by atoms with E-state index in [4.69, 9.17) is 20.9 Å². The molecular weight excluding hydrogens is 368 g/mol. The first-order valence-corrected chi connectivity index (χ1v) is 10.1. The van der Waals surface area contributed by atoms with Crippen LogP contribution in [0.15, 0.2) is 36.8 Å². The van der Waals surface area contributed by atoms with Crippen molar-refractivity contribution in [1.29, 1.82) is 0 Å². The second-order valence-corrected chi connectivity index (χ2v) is 8.44. The fourth-order valence-electron chi connectivity index (χ4n) is 4.84. The summed E-state index contributed by atoms with van der Waals surface area (Å²) >= 11 is 0. The van der Waals surface area contributed by atoms with Crippen molar-refractivity contribution >= 4 is 22.7 Å². The standard InChI is InChI=1S/C21H26N6O2/c1-21(2)28-17-12(6-7-13-4-3-5-16(22)26-13)10-15(18(17)29-21)27-9-8-14-19(23)24-11-25-20(14)27/h3-5,8-9,11-12,15,17-18H,6-7,10H2,1-2H3,(H2,22,26)(H2,23,24,25)/t12-,15+,17+,18-/m0/s1. The molecule has 4 atom stereocenters. The zero-order valence-electron chi connectivity index (χ0n) is 16.7. The predicted octanol–water partition coefficient (Wildman–Crippen LogP) is 2.70. The first kappa shape index (κ1) is 18.3. The summed E-state index contributed by atoms with van der Waals surface area (Å²) in [4.78, 5) is 13.0. The molecule has 0 bridgehead atoms. The molecule has 0 radical (unpaired) electrons. The second-order valence-electron chi connectivity index (χ2n) is 8.44. The molecule has 0 spiro atoms. The fraction of sp³-hybridized carbons (Fsp3) is 0.476. The van der Waals surface area contributed by atoms with Crippen LogP contribution in [0.3, 0.4) is 0 Å². The zero-order chi connectivity index (χ0) is 20.2. The monoisotopic (exact) mass is 394 g/mol. The summed E-state index contributed by atoms with van der Waals surface area (Å²) in [6.45, 7) is 3.96. The summed E-state index contributed by atoms with van der Waals surface area (Å²) in [6, 6.07) is 7.89. The lowest BCUT2D eigenvalue weighted by Crippen LogP contribution is -2.27. The van der Waals surface area contributed by atoms with Gasteiger partial charge in [-0.25, -0.2) is 15.0 Å². The van der Waals surface area contributed by atoms with E-state index in [1.54, 1.807) is 0 Å². The number of hydrogen-bond donors (Lipinski definition) is 2. The first-order valence-electron chi connectivity index (χ1n) is 10.1. The quantitative estimate of drug-likeness (QED) is 0.699. The number of hydrogen-bond acceptors (Lipinski definition) is 7. The van der Waals surface area contributed by atoms with Crippen LogP contribution in [0.1, 0.15) is 38.4 Å². The second kappa shape index (κ2) is 6.67. The molecule has 0 amide bonds. The number of ether oxygens (including phenoxy) is 2. The van der Waals surface area contributed by atoms with E-state index in [1.807, 2.05) is 44.3 Å². The van der Waals surface area contributed by atoms with E-state index >= 15 is 0 Å². The van der Waals surface area contributed by atoms with Gasteiger partial charge in [-0.1, -0.05) is 6.07 Å². The van der Waals surface area contributed by atoms with Crippen LogP contribution in [-0.2, 0) is 15.9 Å². The highest BCUT2D eigenvalue weighted by Gasteiger charge is 2.54. The molecule has 8 nitrogen and oxygen atoms in total. The molecule has 152 valence electrons. The molecule has 5 rings (SSSR count). The highest BCUT2D eigenvalue weighted by Crippen LogP contribution is 2.49. The largest absolute Gasteiger partial charge is 0.384 e. The van der Waals surface area contributed by atoms with Crippen molar-refractivity contribution in [1.82, 2.24) is 19.5 Å². The van der Waals surface area contributed by atoms with Gasteiger partial charge in [-0.15, -0.1) is 0 Å². The number of nitrogens with two attached hydrogens (primary N) is 2.